The fourth-order valence-corrected chi connectivity index (χ4v) is 6.96. The largest absolute Gasteiger partial charge is 0.361 e. The summed E-state index contributed by atoms with van der Waals surface area (Å²) >= 11 is 0. The van der Waals surface area contributed by atoms with Crippen molar-refractivity contribution in [2.24, 2.45) is 0 Å². The Morgan fingerprint density at radius 2 is 1.84 bits per heavy atom. The van der Waals surface area contributed by atoms with Crippen molar-refractivity contribution >= 4 is 29.6 Å². The number of carbonyl (C=O) groups excluding carboxylic acids is 3. The SMILES string of the molecule is CC1(C)CCc2cccc(C(=O)NC3CN4C(=N)N[C@@H](CN5C(=O)CCC5=O)[C@@H]5NC(=N)NC54C3(O)O)c21. The van der Waals surface area contributed by atoms with Crippen LogP contribution in [0.3, 0.4) is 0 Å². The van der Waals surface area contributed by atoms with Gasteiger partial charge in [-0.25, -0.2) is 0 Å². The Hall–Kier alpha value is -3.71. The van der Waals surface area contributed by atoms with Crippen LogP contribution in [0.15, 0.2) is 18.2 Å². The first-order valence-corrected chi connectivity index (χ1v) is 12.8. The zero-order valence-electron chi connectivity index (χ0n) is 21.2. The molecule has 8 N–H and O–H groups in total. The smallest absolute Gasteiger partial charge is 0.252 e. The molecular formula is C25H32N8O5. The number of carbonyl (C=O) groups is 3. The Balaban J connectivity index is 1.32. The Morgan fingerprint density at radius 1 is 1.13 bits per heavy atom. The molecule has 0 bridgehead atoms. The number of benzene rings is 1. The maximum absolute atomic E-state index is 13.6. The molecule has 4 aliphatic heterocycles. The minimum atomic E-state index is -2.64. The zero-order chi connectivity index (χ0) is 27.2. The van der Waals surface area contributed by atoms with Crippen molar-refractivity contribution in [3.8, 4) is 0 Å². The van der Waals surface area contributed by atoms with E-state index in [4.69, 9.17) is 10.8 Å². The standard InChI is InChI=1S/C25H32N8O5/c1-23(2)9-8-12-4-3-5-13(18(12)23)20(36)29-15-11-33-22(27)28-14(10-32-16(34)6-7-17(32)35)19-24(33,25(15,37)38)31-21(26)30-19/h3-5,14-15,19,37-38H,6-11H2,1-2H3,(H2,27,28)(H,29,36)(H3,26,30,31)/t14-,15?,19-,24?/m0/s1. The molecule has 1 aliphatic carbocycles. The lowest BCUT2D eigenvalue weighted by Gasteiger charge is -2.51. The van der Waals surface area contributed by atoms with Gasteiger partial charge in [0.15, 0.2) is 17.6 Å². The van der Waals surface area contributed by atoms with Crippen LogP contribution >= 0.6 is 0 Å². The van der Waals surface area contributed by atoms with Gasteiger partial charge in [0.2, 0.25) is 17.6 Å². The molecule has 0 aromatic heterocycles. The number of aliphatic hydroxyl groups is 2. The molecule has 38 heavy (non-hydrogen) atoms. The van der Waals surface area contributed by atoms with Gasteiger partial charge in [-0.15, -0.1) is 0 Å². The van der Waals surface area contributed by atoms with Crippen LogP contribution in [-0.4, -0.2) is 92.3 Å². The lowest BCUT2D eigenvalue weighted by Crippen LogP contribution is -2.81. The predicted molar refractivity (Wildman–Crippen MR) is 134 cm³/mol. The van der Waals surface area contributed by atoms with Gasteiger partial charge in [0.05, 0.1) is 18.6 Å². The molecule has 4 atom stereocenters. The van der Waals surface area contributed by atoms with Crippen molar-refractivity contribution in [2.45, 2.75) is 74.5 Å². The molecule has 5 aliphatic rings. The average Bonchev–Trinajstić information content (AvgIpc) is 3.54. The van der Waals surface area contributed by atoms with E-state index in [1.165, 1.54) is 4.90 Å². The first kappa shape index (κ1) is 24.6. The first-order valence-electron chi connectivity index (χ1n) is 12.8. The van der Waals surface area contributed by atoms with Crippen LogP contribution in [0.25, 0.3) is 0 Å². The van der Waals surface area contributed by atoms with Gasteiger partial charge in [-0.1, -0.05) is 26.0 Å². The normalized spacial score (nSPS) is 32.4. The molecule has 13 nitrogen and oxygen atoms in total. The minimum absolute atomic E-state index is 0.102. The fourth-order valence-electron chi connectivity index (χ4n) is 6.96. The van der Waals surface area contributed by atoms with E-state index >= 15 is 0 Å². The van der Waals surface area contributed by atoms with Gasteiger partial charge >= 0.3 is 0 Å². The maximum Gasteiger partial charge on any atom is 0.252 e. The number of amides is 3. The zero-order valence-corrected chi connectivity index (χ0v) is 21.2. The average molecular weight is 525 g/mol. The van der Waals surface area contributed by atoms with Gasteiger partial charge in [-0.2, -0.15) is 0 Å². The molecule has 4 saturated heterocycles. The van der Waals surface area contributed by atoms with Crippen molar-refractivity contribution in [3.63, 3.8) is 0 Å². The van der Waals surface area contributed by atoms with Crippen LogP contribution in [0.1, 0.15) is 54.6 Å². The number of hydrogen-bond donors (Lipinski definition) is 8. The Labute approximate surface area is 218 Å². The van der Waals surface area contributed by atoms with Gasteiger partial charge in [0, 0.05) is 24.9 Å². The molecule has 1 aromatic rings. The molecule has 6 rings (SSSR count). The van der Waals surface area contributed by atoms with E-state index in [1.807, 2.05) is 12.1 Å². The third-order valence-corrected chi connectivity index (χ3v) is 8.83. The number of aryl methyl sites for hydroxylation is 1. The van der Waals surface area contributed by atoms with Crippen LogP contribution < -0.4 is 21.3 Å². The summed E-state index contributed by atoms with van der Waals surface area (Å²) in [6, 6.07) is 2.60. The molecule has 202 valence electrons. The quantitative estimate of drug-likeness (QED) is 0.167. The highest BCUT2D eigenvalue weighted by Gasteiger charge is 2.74. The Morgan fingerprint density at radius 3 is 2.55 bits per heavy atom. The minimum Gasteiger partial charge on any atom is -0.361 e. The lowest BCUT2D eigenvalue weighted by molar-refractivity contribution is -0.232. The van der Waals surface area contributed by atoms with Gasteiger partial charge in [-0.05, 0) is 35.4 Å². The number of fused-ring (bicyclic) bond motifs is 1. The molecule has 0 radical (unpaired) electrons. The van der Waals surface area contributed by atoms with Crippen molar-refractivity contribution in [2.75, 3.05) is 13.1 Å². The van der Waals surface area contributed by atoms with E-state index in [1.54, 1.807) is 6.07 Å². The monoisotopic (exact) mass is 524 g/mol. The molecule has 3 amide bonds. The van der Waals surface area contributed by atoms with E-state index in [9.17, 15) is 24.6 Å². The second kappa shape index (κ2) is 7.90. The van der Waals surface area contributed by atoms with E-state index in [2.05, 4.69) is 35.1 Å². The van der Waals surface area contributed by atoms with Gasteiger partial charge in [0.1, 0.15) is 6.04 Å². The maximum atomic E-state index is 13.6. The summed E-state index contributed by atoms with van der Waals surface area (Å²) in [5.74, 6) is -4.15. The number of likely N-dealkylation sites (tertiary alicyclic amines) is 1. The van der Waals surface area contributed by atoms with Crippen molar-refractivity contribution in [1.82, 2.24) is 31.1 Å². The molecule has 1 spiro atoms. The van der Waals surface area contributed by atoms with Crippen LogP contribution in [0.5, 0.6) is 0 Å². The summed E-state index contributed by atoms with van der Waals surface area (Å²) in [6.07, 6.45) is 1.97. The number of nitrogens with zero attached hydrogens (tertiary/aromatic N) is 2. The second-order valence-electron chi connectivity index (χ2n) is 11.5. The highest BCUT2D eigenvalue weighted by atomic mass is 16.5. The van der Waals surface area contributed by atoms with E-state index in [-0.39, 0.29) is 55.1 Å². The van der Waals surface area contributed by atoms with E-state index in [0.29, 0.717) is 5.56 Å². The molecule has 1 aromatic carbocycles. The molecule has 2 unspecified atom stereocenters. The summed E-state index contributed by atoms with van der Waals surface area (Å²) < 4.78 is 0. The van der Waals surface area contributed by atoms with Crippen LogP contribution in [0.2, 0.25) is 0 Å². The Kier molecular flexibility index (Phi) is 5.12. The number of guanidine groups is 2. The highest BCUT2D eigenvalue weighted by Crippen LogP contribution is 2.44. The number of rotatable bonds is 4. The topological polar surface area (TPSA) is 194 Å². The van der Waals surface area contributed by atoms with Crippen molar-refractivity contribution < 1.29 is 24.6 Å². The molecule has 13 heteroatoms. The summed E-state index contributed by atoms with van der Waals surface area (Å²) in [5.41, 5.74) is 0.508. The first-order chi connectivity index (χ1) is 17.9. The van der Waals surface area contributed by atoms with E-state index < -0.39 is 35.5 Å². The third kappa shape index (κ3) is 3.21. The lowest BCUT2D eigenvalue weighted by atomic mass is 9.83. The second-order valence-corrected chi connectivity index (χ2v) is 11.5. The van der Waals surface area contributed by atoms with Crippen molar-refractivity contribution in [3.05, 3.63) is 34.9 Å². The van der Waals surface area contributed by atoms with Gasteiger partial charge in [0.25, 0.3) is 5.91 Å². The highest BCUT2D eigenvalue weighted by molar-refractivity contribution is 6.02. The van der Waals surface area contributed by atoms with Crippen LogP contribution in [0, 0.1) is 10.8 Å². The number of nitrogens with one attached hydrogen (secondary N) is 6. The van der Waals surface area contributed by atoms with Crippen LogP contribution in [-0.2, 0) is 21.4 Å². The molecular weight excluding hydrogens is 492 g/mol. The number of hydrogen-bond acceptors (Lipinski definition) is 7. The summed E-state index contributed by atoms with van der Waals surface area (Å²) in [7, 11) is 0. The fraction of sp³-hybridized carbons (Fsp3) is 0.560. The Bertz CT molecular complexity index is 1280. The van der Waals surface area contributed by atoms with Crippen LogP contribution in [0.4, 0.5) is 0 Å². The van der Waals surface area contributed by atoms with Crippen molar-refractivity contribution in [1.29, 1.82) is 10.8 Å². The van der Waals surface area contributed by atoms with Gasteiger partial charge < -0.3 is 36.4 Å². The summed E-state index contributed by atoms with van der Waals surface area (Å²) in [5, 5.41) is 51.6. The summed E-state index contributed by atoms with van der Waals surface area (Å²) in [4.78, 5) is 40.6. The number of imide groups is 1. The molecule has 4 heterocycles. The third-order valence-electron chi connectivity index (χ3n) is 8.83. The molecule has 0 saturated carbocycles. The summed E-state index contributed by atoms with van der Waals surface area (Å²) in [6.45, 7) is 3.93. The predicted octanol–water partition coefficient (Wildman–Crippen LogP) is -1.75. The van der Waals surface area contributed by atoms with E-state index in [0.717, 1.165) is 28.9 Å². The van der Waals surface area contributed by atoms with Gasteiger partial charge in [-0.3, -0.25) is 30.1 Å². The molecule has 4 fully saturated rings.